The van der Waals surface area contributed by atoms with Crippen LogP contribution in [0.2, 0.25) is 0 Å². The number of hydrogen-bond acceptors (Lipinski definition) is 3. The van der Waals surface area contributed by atoms with E-state index in [1.54, 1.807) is 12.5 Å². The average Bonchev–Trinajstić information content (AvgIpc) is 1.86. The van der Waals surface area contributed by atoms with Gasteiger partial charge in [-0.05, 0) is 20.8 Å². The summed E-state index contributed by atoms with van der Waals surface area (Å²) in [4.78, 5) is 2.01. The molecule has 1 heterocycles. The minimum Gasteiger partial charge on any atom is -0.446 e. The molecule has 62 valence electrons. The Morgan fingerprint density at radius 1 is 1.45 bits per heavy atom. The van der Waals surface area contributed by atoms with E-state index in [-0.39, 0.29) is 5.54 Å². The van der Waals surface area contributed by atoms with Gasteiger partial charge in [0.1, 0.15) is 6.26 Å². The Hall–Kier alpha value is -1.12. The second kappa shape index (κ2) is 2.49. The van der Waals surface area contributed by atoms with Crippen molar-refractivity contribution in [1.29, 1.82) is 0 Å². The second-order valence-corrected chi connectivity index (χ2v) is 3.51. The molecule has 0 spiro atoms. The van der Waals surface area contributed by atoms with Crippen LogP contribution in [0.25, 0.3) is 0 Å². The lowest BCUT2D eigenvalue weighted by atomic mass is 10.1. The van der Waals surface area contributed by atoms with Gasteiger partial charge in [-0.2, -0.15) is 0 Å². The van der Waals surface area contributed by atoms with Gasteiger partial charge in [0.15, 0.2) is 0 Å². The third-order valence-electron chi connectivity index (χ3n) is 1.47. The molecular formula is C8H14N2O. The van der Waals surface area contributed by atoms with E-state index in [1.165, 1.54) is 0 Å². The quantitative estimate of drug-likeness (QED) is 0.572. The number of ether oxygens (including phenoxy) is 1. The van der Waals surface area contributed by atoms with Crippen LogP contribution in [-0.2, 0) is 4.74 Å². The normalized spacial score (nSPS) is 17.7. The van der Waals surface area contributed by atoms with Crippen molar-refractivity contribution in [1.82, 2.24) is 4.90 Å². The van der Waals surface area contributed by atoms with Gasteiger partial charge < -0.3 is 15.4 Å². The van der Waals surface area contributed by atoms with Crippen LogP contribution in [0.5, 0.6) is 0 Å². The number of hydrogen-bond donors (Lipinski definition) is 1. The molecule has 0 aromatic rings. The van der Waals surface area contributed by atoms with Gasteiger partial charge in [0, 0.05) is 11.7 Å². The SMILES string of the molecule is CC(C)(C)N1C=COC(N)=C1. The summed E-state index contributed by atoms with van der Waals surface area (Å²) < 4.78 is 4.92. The molecule has 1 aliphatic rings. The summed E-state index contributed by atoms with van der Waals surface area (Å²) in [6.07, 6.45) is 5.22. The zero-order chi connectivity index (χ0) is 8.48. The Balaban J connectivity index is 2.74. The molecule has 0 aromatic carbocycles. The van der Waals surface area contributed by atoms with Crippen molar-refractivity contribution >= 4 is 0 Å². The van der Waals surface area contributed by atoms with Crippen molar-refractivity contribution in [2.24, 2.45) is 5.73 Å². The molecule has 11 heavy (non-hydrogen) atoms. The predicted octanol–water partition coefficient (Wildman–Crippen LogP) is 1.35. The summed E-state index contributed by atoms with van der Waals surface area (Å²) in [5.74, 6) is 0.433. The van der Waals surface area contributed by atoms with Crippen LogP contribution in [0.1, 0.15) is 20.8 Å². The lowest BCUT2D eigenvalue weighted by Gasteiger charge is -2.32. The van der Waals surface area contributed by atoms with Crippen molar-refractivity contribution in [2.75, 3.05) is 0 Å². The van der Waals surface area contributed by atoms with Crippen LogP contribution >= 0.6 is 0 Å². The summed E-state index contributed by atoms with van der Waals surface area (Å²) >= 11 is 0. The first-order valence-corrected chi connectivity index (χ1v) is 3.59. The molecule has 0 unspecified atom stereocenters. The first-order chi connectivity index (χ1) is 5.00. The molecule has 0 saturated carbocycles. The van der Waals surface area contributed by atoms with Gasteiger partial charge in [-0.15, -0.1) is 0 Å². The van der Waals surface area contributed by atoms with Crippen molar-refractivity contribution in [3.05, 3.63) is 24.5 Å². The van der Waals surface area contributed by atoms with E-state index in [0.717, 1.165) is 0 Å². The molecule has 2 N–H and O–H groups in total. The van der Waals surface area contributed by atoms with Gasteiger partial charge in [0.25, 0.3) is 0 Å². The van der Waals surface area contributed by atoms with Crippen LogP contribution in [0.3, 0.4) is 0 Å². The maximum absolute atomic E-state index is 5.47. The van der Waals surface area contributed by atoms with Crippen molar-refractivity contribution in [3.63, 3.8) is 0 Å². The highest BCUT2D eigenvalue weighted by molar-refractivity contribution is 5.03. The van der Waals surface area contributed by atoms with Gasteiger partial charge in [-0.25, -0.2) is 0 Å². The van der Waals surface area contributed by atoms with Crippen molar-refractivity contribution in [3.8, 4) is 0 Å². The van der Waals surface area contributed by atoms with Crippen LogP contribution in [0.4, 0.5) is 0 Å². The first-order valence-electron chi connectivity index (χ1n) is 3.59. The monoisotopic (exact) mass is 154 g/mol. The number of nitrogens with two attached hydrogens (primary N) is 1. The summed E-state index contributed by atoms with van der Waals surface area (Å²) in [5, 5.41) is 0. The van der Waals surface area contributed by atoms with Gasteiger partial charge >= 0.3 is 0 Å². The fourth-order valence-corrected chi connectivity index (χ4v) is 0.802. The van der Waals surface area contributed by atoms with Gasteiger partial charge in [-0.1, -0.05) is 0 Å². The third-order valence-corrected chi connectivity index (χ3v) is 1.47. The van der Waals surface area contributed by atoms with E-state index >= 15 is 0 Å². The van der Waals surface area contributed by atoms with E-state index < -0.39 is 0 Å². The van der Waals surface area contributed by atoms with E-state index in [1.807, 2.05) is 11.1 Å². The molecule has 0 radical (unpaired) electrons. The average molecular weight is 154 g/mol. The Kier molecular flexibility index (Phi) is 1.81. The molecule has 3 nitrogen and oxygen atoms in total. The molecule has 0 bridgehead atoms. The van der Waals surface area contributed by atoms with E-state index in [9.17, 15) is 0 Å². The van der Waals surface area contributed by atoms with E-state index in [4.69, 9.17) is 10.5 Å². The lowest BCUT2D eigenvalue weighted by molar-refractivity contribution is 0.225. The summed E-state index contributed by atoms with van der Waals surface area (Å²) in [5.41, 5.74) is 5.53. The number of rotatable bonds is 0. The second-order valence-electron chi connectivity index (χ2n) is 3.51. The smallest absolute Gasteiger partial charge is 0.206 e. The zero-order valence-electron chi connectivity index (χ0n) is 7.16. The minimum absolute atomic E-state index is 0.0604. The Labute approximate surface area is 67.1 Å². The molecule has 0 atom stereocenters. The fourth-order valence-electron chi connectivity index (χ4n) is 0.802. The summed E-state index contributed by atoms with van der Waals surface area (Å²) in [6.45, 7) is 6.31. The molecule has 0 aromatic heterocycles. The Bertz CT molecular complexity index is 201. The topological polar surface area (TPSA) is 38.5 Å². The third kappa shape index (κ3) is 1.90. The Morgan fingerprint density at radius 3 is 2.45 bits per heavy atom. The molecule has 0 fully saturated rings. The molecule has 3 heteroatoms. The molecule has 1 aliphatic heterocycles. The van der Waals surface area contributed by atoms with Crippen LogP contribution < -0.4 is 5.73 Å². The Morgan fingerprint density at radius 2 is 2.09 bits per heavy atom. The van der Waals surface area contributed by atoms with Crippen LogP contribution in [-0.4, -0.2) is 10.4 Å². The van der Waals surface area contributed by atoms with Gasteiger partial charge in [0.2, 0.25) is 5.88 Å². The highest BCUT2D eigenvalue weighted by Crippen LogP contribution is 2.17. The first kappa shape index (κ1) is 7.98. The lowest BCUT2D eigenvalue weighted by Crippen LogP contribution is -2.35. The molecule has 0 saturated heterocycles. The summed E-state index contributed by atoms with van der Waals surface area (Å²) in [6, 6.07) is 0. The van der Waals surface area contributed by atoms with Crippen LogP contribution in [0.15, 0.2) is 24.5 Å². The van der Waals surface area contributed by atoms with Gasteiger partial charge in [-0.3, -0.25) is 0 Å². The molecule has 0 aliphatic carbocycles. The zero-order valence-corrected chi connectivity index (χ0v) is 7.16. The minimum atomic E-state index is 0.0604. The van der Waals surface area contributed by atoms with Crippen molar-refractivity contribution in [2.45, 2.75) is 26.3 Å². The largest absolute Gasteiger partial charge is 0.446 e. The van der Waals surface area contributed by atoms with Crippen molar-refractivity contribution < 1.29 is 4.74 Å². The highest BCUT2D eigenvalue weighted by atomic mass is 16.5. The van der Waals surface area contributed by atoms with E-state index in [2.05, 4.69) is 20.8 Å². The highest BCUT2D eigenvalue weighted by Gasteiger charge is 2.18. The molecular weight excluding hydrogens is 140 g/mol. The van der Waals surface area contributed by atoms with E-state index in [0.29, 0.717) is 5.88 Å². The standard InChI is InChI=1S/C8H14N2O/c1-8(2,3)10-4-5-11-7(9)6-10/h4-6H,9H2,1-3H3. The number of nitrogens with zero attached hydrogens (tertiary/aromatic N) is 1. The molecule has 0 amide bonds. The maximum Gasteiger partial charge on any atom is 0.206 e. The van der Waals surface area contributed by atoms with Gasteiger partial charge in [0.05, 0.1) is 6.20 Å². The predicted molar refractivity (Wildman–Crippen MR) is 44.1 cm³/mol. The maximum atomic E-state index is 5.47. The summed E-state index contributed by atoms with van der Waals surface area (Å²) in [7, 11) is 0. The fraction of sp³-hybridized carbons (Fsp3) is 0.500. The molecule has 1 rings (SSSR count). The van der Waals surface area contributed by atoms with Crippen LogP contribution in [0, 0.1) is 0 Å².